The number of hydrogen-bond donors (Lipinski definition) is 2. The molecule has 2 amide bonds. The lowest BCUT2D eigenvalue weighted by atomic mass is 10.1. The number of carbonyl (C=O) groups excluding carboxylic acids is 1. The van der Waals surface area contributed by atoms with Crippen LogP contribution in [0, 0.1) is 0 Å². The standard InChI is InChI=1S/C13H14N2O3/c16-12(17)7-4-10-2-5-11(6-3-10)15-9-1-8-14-13(15)18/h2-7H,1,8-9H2,(H,14,18)(H,16,17)/b7-4+. The minimum Gasteiger partial charge on any atom is -0.478 e. The zero-order chi connectivity index (χ0) is 13.0. The van der Waals surface area contributed by atoms with E-state index in [0.717, 1.165) is 30.3 Å². The number of carboxylic acids is 1. The van der Waals surface area contributed by atoms with Gasteiger partial charge in [-0.05, 0) is 30.2 Å². The molecule has 0 radical (unpaired) electrons. The maximum absolute atomic E-state index is 11.6. The van der Waals surface area contributed by atoms with Crippen molar-refractivity contribution in [3.05, 3.63) is 35.9 Å². The Morgan fingerprint density at radius 3 is 2.67 bits per heavy atom. The van der Waals surface area contributed by atoms with Gasteiger partial charge in [0.05, 0.1) is 0 Å². The summed E-state index contributed by atoms with van der Waals surface area (Å²) >= 11 is 0. The van der Waals surface area contributed by atoms with Crippen molar-refractivity contribution in [2.75, 3.05) is 18.0 Å². The number of benzene rings is 1. The van der Waals surface area contributed by atoms with E-state index < -0.39 is 5.97 Å². The van der Waals surface area contributed by atoms with Crippen molar-refractivity contribution in [3.63, 3.8) is 0 Å². The molecule has 1 fully saturated rings. The van der Waals surface area contributed by atoms with Crippen molar-refractivity contribution in [3.8, 4) is 0 Å². The Labute approximate surface area is 105 Å². The van der Waals surface area contributed by atoms with Crippen molar-refractivity contribution < 1.29 is 14.7 Å². The fourth-order valence-corrected chi connectivity index (χ4v) is 1.81. The van der Waals surface area contributed by atoms with Crippen LogP contribution < -0.4 is 10.2 Å². The molecular weight excluding hydrogens is 232 g/mol. The van der Waals surface area contributed by atoms with Crippen molar-refractivity contribution in [1.29, 1.82) is 0 Å². The predicted molar refractivity (Wildman–Crippen MR) is 68.5 cm³/mol. The Bertz CT molecular complexity index is 480. The van der Waals surface area contributed by atoms with Crippen LogP contribution >= 0.6 is 0 Å². The van der Waals surface area contributed by atoms with Crippen LogP contribution in [0.5, 0.6) is 0 Å². The molecule has 1 aliphatic heterocycles. The van der Waals surface area contributed by atoms with Gasteiger partial charge in [-0.15, -0.1) is 0 Å². The highest BCUT2D eigenvalue weighted by molar-refractivity contribution is 5.92. The molecule has 2 rings (SSSR count). The van der Waals surface area contributed by atoms with Crippen LogP contribution in [0.25, 0.3) is 6.08 Å². The molecule has 1 saturated heterocycles. The molecule has 18 heavy (non-hydrogen) atoms. The Kier molecular flexibility index (Phi) is 3.62. The summed E-state index contributed by atoms with van der Waals surface area (Å²) in [6.07, 6.45) is 3.53. The Hall–Kier alpha value is -2.30. The van der Waals surface area contributed by atoms with Crippen molar-refractivity contribution >= 4 is 23.8 Å². The van der Waals surface area contributed by atoms with E-state index >= 15 is 0 Å². The fourth-order valence-electron chi connectivity index (χ4n) is 1.81. The first-order chi connectivity index (χ1) is 8.66. The topological polar surface area (TPSA) is 69.6 Å². The second kappa shape index (κ2) is 5.35. The van der Waals surface area contributed by atoms with Gasteiger partial charge in [0.2, 0.25) is 0 Å². The lowest BCUT2D eigenvalue weighted by Crippen LogP contribution is -2.46. The third kappa shape index (κ3) is 2.88. The maximum atomic E-state index is 11.6. The van der Waals surface area contributed by atoms with Crippen LogP contribution in [0.3, 0.4) is 0 Å². The molecule has 0 aliphatic carbocycles. The molecular formula is C13H14N2O3. The molecule has 5 nitrogen and oxygen atoms in total. The summed E-state index contributed by atoms with van der Waals surface area (Å²) in [4.78, 5) is 23.7. The summed E-state index contributed by atoms with van der Waals surface area (Å²) in [5, 5.41) is 11.3. The van der Waals surface area contributed by atoms with Crippen molar-refractivity contribution in [2.45, 2.75) is 6.42 Å². The molecule has 1 aliphatic rings. The van der Waals surface area contributed by atoms with Gasteiger partial charge < -0.3 is 10.4 Å². The van der Waals surface area contributed by atoms with Gasteiger partial charge in [0.25, 0.3) is 0 Å². The molecule has 0 bridgehead atoms. The average molecular weight is 246 g/mol. The van der Waals surface area contributed by atoms with Gasteiger partial charge in [0.15, 0.2) is 0 Å². The number of nitrogens with zero attached hydrogens (tertiary/aromatic N) is 1. The highest BCUT2D eigenvalue weighted by Crippen LogP contribution is 2.18. The summed E-state index contributed by atoms with van der Waals surface area (Å²) in [5.41, 5.74) is 1.61. The van der Waals surface area contributed by atoms with Gasteiger partial charge in [-0.25, -0.2) is 9.59 Å². The van der Waals surface area contributed by atoms with Crippen LogP contribution in [0.1, 0.15) is 12.0 Å². The maximum Gasteiger partial charge on any atom is 0.328 e. The number of carboxylic acid groups (broad SMARTS) is 1. The monoisotopic (exact) mass is 246 g/mol. The quantitative estimate of drug-likeness (QED) is 0.797. The van der Waals surface area contributed by atoms with E-state index in [1.54, 1.807) is 17.0 Å². The Morgan fingerprint density at radius 1 is 1.33 bits per heavy atom. The van der Waals surface area contributed by atoms with E-state index in [-0.39, 0.29) is 6.03 Å². The first kappa shape index (κ1) is 12.2. The average Bonchev–Trinajstić information content (AvgIpc) is 2.38. The normalized spacial score (nSPS) is 15.8. The van der Waals surface area contributed by atoms with Gasteiger partial charge in [-0.3, -0.25) is 4.90 Å². The zero-order valence-corrected chi connectivity index (χ0v) is 9.80. The lowest BCUT2D eigenvalue weighted by molar-refractivity contribution is -0.131. The highest BCUT2D eigenvalue weighted by atomic mass is 16.4. The largest absolute Gasteiger partial charge is 0.478 e. The lowest BCUT2D eigenvalue weighted by Gasteiger charge is -2.27. The molecule has 1 heterocycles. The zero-order valence-electron chi connectivity index (χ0n) is 9.80. The number of carbonyl (C=O) groups is 2. The third-order valence-corrected chi connectivity index (χ3v) is 2.70. The van der Waals surface area contributed by atoms with Gasteiger partial charge in [-0.2, -0.15) is 0 Å². The highest BCUT2D eigenvalue weighted by Gasteiger charge is 2.18. The summed E-state index contributed by atoms with van der Waals surface area (Å²) in [6.45, 7) is 1.42. The van der Waals surface area contributed by atoms with E-state index in [9.17, 15) is 9.59 Å². The fraction of sp³-hybridized carbons (Fsp3) is 0.231. The molecule has 5 heteroatoms. The predicted octanol–water partition coefficient (Wildman–Crippen LogP) is 1.70. The van der Waals surface area contributed by atoms with E-state index in [4.69, 9.17) is 5.11 Å². The van der Waals surface area contributed by atoms with Gasteiger partial charge >= 0.3 is 12.0 Å². The second-order valence-corrected chi connectivity index (χ2v) is 4.00. The van der Waals surface area contributed by atoms with E-state index in [0.29, 0.717) is 6.54 Å². The Morgan fingerprint density at radius 2 is 2.06 bits per heavy atom. The van der Waals surface area contributed by atoms with E-state index in [1.807, 2.05) is 12.1 Å². The number of nitrogens with one attached hydrogen (secondary N) is 1. The van der Waals surface area contributed by atoms with Gasteiger partial charge in [-0.1, -0.05) is 12.1 Å². The smallest absolute Gasteiger partial charge is 0.328 e. The summed E-state index contributed by atoms with van der Waals surface area (Å²) in [7, 11) is 0. The molecule has 0 aromatic heterocycles. The van der Waals surface area contributed by atoms with Crippen LogP contribution in [-0.2, 0) is 4.79 Å². The third-order valence-electron chi connectivity index (χ3n) is 2.70. The van der Waals surface area contributed by atoms with E-state index in [2.05, 4.69) is 5.32 Å². The molecule has 2 N–H and O–H groups in total. The minimum atomic E-state index is -0.977. The number of urea groups is 1. The number of anilines is 1. The van der Waals surface area contributed by atoms with Crippen LogP contribution in [0.15, 0.2) is 30.3 Å². The summed E-state index contributed by atoms with van der Waals surface area (Å²) in [6, 6.07) is 7.11. The molecule has 1 aromatic carbocycles. The molecule has 0 atom stereocenters. The molecule has 0 spiro atoms. The first-order valence-corrected chi connectivity index (χ1v) is 5.73. The molecule has 0 unspecified atom stereocenters. The number of rotatable bonds is 3. The van der Waals surface area contributed by atoms with Gasteiger partial charge in [0.1, 0.15) is 0 Å². The number of aliphatic carboxylic acids is 1. The first-order valence-electron chi connectivity index (χ1n) is 5.73. The van der Waals surface area contributed by atoms with Crippen LogP contribution in [0.4, 0.5) is 10.5 Å². The minimum absolute atomic E-state index is 0.0879. The Balaban J connectivity index is 2.11. The SMILES string of the molecule is O=C(O)/C=C/c1ccc(N2CCCNC2=O)cc1. The molecule has 1 aromatic rings. The van der Waals surface area contributed by atoms with E-state index in [1.165, 1.54) is 6.08 Å². The van der Waals surface area contributed by atoms with Gasteiger partial charge in [0, 0.05) is 24.9 Å². The number of amides is 2. The summed E-state index contributed by atoms with van der Waals surface area (Å²) < 4.78 is 0. The van der Waals surface area contributed by atoms with Crippen LogP contribution in [-0.4, -0.2) is 30.2 Å². The van der Waals surface area contributed by atoms with Crippen molar-refractivity contribution in [1.82, 2.24) is 5.32 Å². The molecule has 94 valence electrons. The van der Waals surface area contributed by atoms with Crippen LogP contribution in [0.2, 0.25) is 0 Å². The van der Waals surface area contributed by atoms with Crippen molar-refractivity contribution in [2.24, 2.45) is 0 Å². The number of hydrogen-bond acceptors (Lipinski definition) is 2. The second-order valence-electron chi connectivity index (χ2n) is 4.00. The summed E-state index contributed by atoms with van der Waals surface area (Å²) in [5.74, 6) is -0.977. The molecule has 0 saturated carbocycles.